The van der Waals surface area contributed by atoms with Crippen LogP contribution in [0.25, 0.3) is 32.0 Å². The minimum Gasteiger partial charge on any atom is -0.497 e. The van der Waals surface area contributed by atoms with Crippen molar-refractivity contribution in [3.05, 3.63) is 76.6 Å². The molecule has 0 atom stereocenters. The number of hydrogen-bond donors (Lipinski definition) is 0. The van der Waals surface area contributed by atoms with Gasteiger partial charge in [0, 0.05) is 24.5 Å². The highest BCUT2D eigenvalue weighted by atomic mass is 35.5. The van der Waals surface area contributed by atoms with Gasteiger partial charge in [-0.2, -0.15) is 0 Å². The number of benzene rings is 3. The Kier molecular flexibility index (Phi) is 7.07. The lowest BCUT2D eigenvalue weighted by Gasteiger charge is -2.21. The second-order valence-corrected chi connectivity index (χ2v) is 9.25. The first-order valence-electron chi connectivity index (χ1n) is 10.8. The number of likely N-dealkylation sites (N-methyl/N-ethyl adjacent to an activating group) is 1. The van der Waals surface area contributed by atoms with Crippen LogP contribution in [0, 0.1) is 0 Å². The topological polar surface area (TPSA) is 75.9 Å². The van der Waals surface area contributed by atoms with Gasteiger partial charge in [-0.25, -0.2) is 9.78 Å². The molecule has 2 aromatic heterocycles. The molecule has 0 aliphatic heterocycles. The monoisotopic (exact) mass is 509 g/mol. The smallest absolute Gasteiger partial charge is 0.349 e. The van der Waals surface area contributed by atoms with Gasteiger partial charge in [-0.1, -0.05) is 41.7 Å². The molecule has 0 spiro atoms. The SMILES string of the molecule is COc1ccc2sc(N(CCN(C)C)C(=O)c3cc4c(ccc5ccccc54)oc3=O)nc2c1.Cl. The first kappa shape index (κ1) is 24.7. The molecule has 0 aliphatic carbocycles. The minimum atomic E-state index is -0.662. The number of hydrogen-bond acceptors (Lipinski definition) is 7. The molecule has 9 heteroatoms. The number of rotatable bonds is 6. The molecule has 0 saturated heterocycles. The Labute approximate surface area is 211 Å². The van der Waals surface area contributed by atoms with E-state index in [0.29, 0.717) is 29.6 Å². The molecule has 0 aliphatic rings. The van der Waals surface area contributed by atoms with E-state index in [1.54, 1.807) is 24.1 Å². The quantitative estimate of drug-likeness (QED) is 0.231. The largest absolute Gasteiger partial charge is 0.497 e. The van der Waals surface area contributed by atoms with Gasteiger partial charge < -0.3 is 14.1 Å². The van der Waals surface area contributed by atoms with Crippen LogP contribution in [-0.4, -0.2) is 50.1 Å². The average molecular weight is 510 g/mol. The van der Waals surface area contributed by atoms with E-state index in [9.17, 15) is 9.59 Å². The molecule has 7 nitrogen and oxygen atoms in total. The van der Waals surface area contributed by atoms with Crippen molar-refractivity contribution in [2.75, 3.05) is 39.2 Å². The second kappa shape index (κ2) is 10.0. The predicted molar refractivity (Wildman–Crippen MR) is 144 cm³/mol. The van der Waals surface area contributed by atoms with E-state index in [1.807, 2.05) is 67.5 Å². The number of fused-ring (bicyclic) bond motifs is 4. The molecule has 35 heavy (non-hydrogen) atoms. The van der Waals surface area contributed by atoms with Crippen molar-refractivity contribution in [1.29, 1.82) is 0 Å². The standard InChI is InChI=1S/C26H23N3O4S.ClH/c1-28(2)12-13-29(26-27-21-14-17(32-3)9-11-23(21)34-26)24(30)20-15-19-18-7-5-4-6-16(18)8-10-22(19)33-25(20)31;/h4-11,14-15H,12-13H2,1-3H3;1H. The van der Waals surface area contributed by atoms with Crippen LogP contribution in [0.4, 0.5) is 5.13 Å². The zero-order valence-corrected chi connectivity index (χ0v) is 21.1. The summed E-state index contributed by atoms with van der Waals surface area (Å²) in [4.78, 5) is 34.8. The zero-order valence-electron chi connectivity index (χ0n) is 19.5. The average Bonchev–Trinajstić information content (AvgIpc) is 3.26. The Morgan fingerprint density at radius 2 is 1.83 bits per heavy atom. The van der Waals surface area contributed by atoms with Gasteiger partial charge in [0.25, 0.3) is 5.91 Å². The van der Waals surface area contributed by atoms with Gasteiger partial charge in [-0.3, -0.25) is 9.69 Å². The Balaban J connectivity index is 0.00000289. The van der Waals surface area contributed by atoms with Gasteiger partial charge in [-0.15, -0.1) is 12.4 Å². The van der Waals surface area contributed by atoms with Gasteiger partial charge in [0.15, 0.2) is 5.13 Å². The Morgan fingerprint density at radius 3 is 2.60 bits per heavy atom. The number of methoxy groups -OCH3 is 1. The number of aromatic nitrogens is 1. The van der Waals surface area contributed by atoms with Crippen LogP contribution in [0.5, 0.6) is 5.75 Å². The Morgan fingerprint density at radius 1 is 1.03 bits per heavy atom. The summed E-state index contributed by atoms with van der Waals surface area (Å²) in [5.41, 5.74) is 0.510. The van der Waals surface area contributed by atoms with E-state index in [-0.39, 0.29) is 18.0 Å². The van der Waals surface area contributed by atoms with Crippen LogP contribution >= 0.6 is 23.7 Å². The highest BCUT2D eigenvalue weighted by Crippen LogP contribution is 2.32. The summed E-state index contributed by atoms with van der Waals surface area (Å²) in [5.74, 6) is 0.258. The fourth-order valence-corrected chi connectivity index (χ4v) is 4.86. The zero-order chi connectivity index (χ0) is 23.8. The van der Waals surface area contributed by atoms with Crippen LogP contribution in [0.15, 0.2) is 69.9 Å². The minimum absolute atomic E-state index is 0. The van der Waals surface area contributed by atoms with Crippen LogP contribution in [-0.2, 0) is 0 Å². The van der Waals surface area contributed by atoms with Crippen molar-refractivity contribution >= 4 is 66.7 Å². The van der Waals surface area contributed by atoms with E-state index < -0.39 is 11.5 Å². The van der Waals surface area contributed by atoms with Crippen LogP contribution in [0.1, 0.15) is 10.4 Å². The van der Waals surface area contributed by atoms with Crippen molar-refractivity contribution in [3.63, 3.8) is 0 Å². The maximum Gasteiger partial charge on any atom is 0.349 e. The molecule has 2 heterocycles. The van der Waals surface area contributed by atoms with E-state index in [2.05, 4.69) is 4.98 Å². The van der Waals surface area contributed by atoms with Crippen molar-refractivity contribution in [2.24, 2.45) is 0 Å². The third kappa shape index (κ3) is 4.73. The number of halogens is 1. The van der Waals surface area contributed by atoms with E-state index in [4.69, 9.17) is 9.15 Å². The highest BCUT2D eigenvalue weighted by molar-refractivity contribution is 7.22. The lowest BCUT2D eigenvalue weighted by Crippen LogP contribution is -2.38. The molecule has 0 fully saturated rings. The molecular weight excluding hydrogens is 486 g/mol. The normalized spacial score (nSPS) is 11.2. The van der Waals surface area contributed by atoms with Gasteiger partial charge in [-0.05, 0) is 49.1 Å². The summed E-state index contributed by atoms with van der Waals surface area (Å²) in [6.45, 7) is 0.975. The lowest BCUT2D eigenvalue weighted by molar-refractivity contribution is 0.0982. The third-order valence-corrected chi connectivity index (χ3v) is 6.76. The molecule has 5 aromatic rings. The summed E-state index contributed by atoms with van der Waals surface area (Å²) < 4.78 is 11.8. The number of nitrogens with zero attached hydrogens (tertiary/aromatic N) is 3. The maximum absolute atomic E-state index is 13.7. The number of anilines is 1. The van der Waals surface area contributed by atoms with Crippen LogP contribution < -0.4 is 15.3 Å². The molecule has 5 rings (SSSR count). The Hall–Kier alpha value is -3.46. The highest BCUT2D eigenvalue weighted by Gasteiger charge is 2.25. The molecule has 1 amide bonds. The molecule has 0 bridgehead atoms. The van der Waals surface area contributed by atoms with Crippen molar-refractivity contribution in [2.45, 2.75) is 0 Å². The van der Waals surface area contributed by atoms with Crippen molar-refractivity contribution < 1.29 is 13.9 Å². The molecule has 0 unspecified atom stereocenters. The molecular formula is C26H24ClN3O4S. The lowest BCUT2D eigenvalue weighted by atomic mass is 10.0. The molecule has 0 N–H and O–H groups in total. The van der Waals surface area contributed by atoms with Crippen molar-refractivity contribution in [3.8, 4) is 5.75 Å². The Bertz CT molecular complexity index is 1590. The van der Waals surface area contributed by atoms with E-state index >= 15 is 0 Å². The summed E-state index contributed by atoms with van der Waals surface area (Å²) in [5, 5.41) is 3.17. The molecule has 0 saturated carbocycles. The number of amides is 1. The van der Waals surface area contributed by atoms with Gasteiger partial charge in [0.1, 0.15) is 16.9 Å². The van der Waals surface area contributed by atoms with Crippen molar-refractivity contribution in [1.82, 2.24) is 9.88 Å². The molecule has 180 valence electrons. The number of ether oxygens (including phenoxy) is 1. The number of thiazole rings is 1. The first-order valence-corrected chi connectivity index (χ1v) is 11.6. The number of carbonyl (C=O) groups is 1. The summed E-state index contributed by atoms with van der Waals surface area (Å²) in [6.07, 6.45) is 0. The van der Waals surface area contributed by atoms with Crippen LogP contribution in [0.3, 0.4) is 0 Å². The predicted octanol–water partition coefficient (Wildman–Crippen LogP) is 5.19. The third-order valence-electron chi connectivity index (χ3n) is 5.70. The van der Waals surface area contributed by atoms with Gasteiger partial charge >= 0.3 is 5.63 Å². The second-order valence-electron chi connectivity index (χ2n) is 8.24. The van der Waals surface area contributed by atoms with Crippen LogP contribution in [0.2, 0.25) is 0 Å². The fraction of sp³-hybridized carbons (Fsp3) is 0.192. The summed E-state index contributed by atoms with van der Waals surface area (Å²) >= 11 is 1.40. The van der Waals surface area contributed by atoms with E-state index in [1.165, 1.54) is 11.3 Å². The maximum atomic E-state index is 13.7. The molecule has 0 radical (unpaired) electrons. The van der Waals surface area contributed by atoms with Gasteiger partial charge in [0.2, 0.25) is 0 Å². The summed E-state index contributed by atoms with van der Waals surface area (Å²) in [7, 11) is 5.47. The molecule has 3 aromatic carbocycles. The summed E-state index contributed by atoms with van der Waals surface area (Å²) in [6, 6.07) is 18.7. The van der Waals surface area contributed by atoms with Gasteiger partial charge in [0.05, 0.1) is 17.3 Å². The van der Waals surface area contributed by atoms with E-state index in [0.717, 1.165) is 26.4 Å². The fourth-order valence-electron chi connectivity index (χ4n) is 3.89. The number of carbonyl (C=O) groups excluding carboxylic acids is 1. The first-order chi connectivity index (χ1) is 16.4.